The van der Waals surface area contributed by atoms with Crippen molar-refractivity contribution in [1.82, 2.24) is 19.7 Å². The van der Waals surface area contributed by atoms with Gasteiger partial charge in [0.05, 0.1) is 18.4 Å². The van der Waals surface area contributed by atoms with Crippen molar-refractivity contribution in [2.75, 3.05) is 12.4 Å². The molecule has 138 valence electrons. The van der Waals surface area contributed by atoms with Gasteiger partial charge < -0.3 is 9.84 Å². The Balaban J connectivity index is 2.21. The van der Waals surface area contributed by atoms with Crippen LogP contribution < -0.4 is 14.8 Å². The van der Waals surface area contributed by atoms with Crippen LogP contribution in [0.25, 0.3) is 0 Å². The lowest BCUT2D eigenvalue weighted by atomic mass is 10.1. The van der Waals surface area contributed by atoms with Crippen LogP contribution in [0, 0.1) is 6.92 Å². The maximum absolute atomic E-state index is 12.4. The predicted molar refractivity (Wildman–Crippen MR) is 88.2 cm³/mol. The summed E-state index contributed by atoms with van der Waals surface area (Å²) in [6, 6.07) is 4.28. The van der Waals surface area contributed by atoms with Gasteiger partial charge in [-0.1, -0.05) is 18.2 Å². The summed E-state index contributed by atoms with van der Waals surface area (Å²) in [5.41, 5.74) is 0.0398. The summed E-state index contributed by atoms with van der Waals surface area (Å²) in [5, 5.41) is 11.0. The first-order chi connectivity index (χ1) is 12.2. The third kappa shape index (κ3) is 4.86. The van der Waals surface area contributed by atoms with E-state index in [1.54, 1.807) is 4.72 Å². The van der Waals surface area contributed by atoms with Crippen LogP contribution in [0.2, 0.25) is 0 Å². The van der Waals surface area contributed by atoms with Crippen molar-refractivity contribution in [3.05, 3.63) is 35.7 Å². The number of rotatable bonds is 6. The highest BCUT2D eigenvalue weighted by Crippen LogP contribution is 2.16. The first kappa shape index (κ1) is 19.1. The molecular formula is C14H15N5O6S. The van der Waals surface area contributed by atoms with Crippen LogP contribution in [0.5, 0.6) is 6.01 Å². The summed E-state index contributed by atoms with van der Waals surface area (Å²) in [7, 11) is -2.99. The van der Waals surface area contributed by atoms with Crippen molar-refractivity contribution in [3.8, 4) is 6.01 Å². The number of hydrogen-bond acceptors (Lipinski definition) is 8. The minimum atomic E-state index is -4.31. The van der Waals surface area contributed by atoms with E-state index in [1.807, 2.05) is 0 Å². The predicted octanol–water partition coefficient (Wildman–Crippen LogP) is 0.326. The second-order valence-corrected chi connectivity index (χ2v) is 6.58. The van der Waals surface area contributed by atoms with E-state index in [0.717, 1.165) is 0 Å². The van der Waals surface area contributed by atoms with Crippen LogP contribution in [0.4, 0.5) is 10.7 Å². The molecule has 3 N–H and O–H groups in total. The number of nitrogens with zero attached hydrogens (tertiary/aromatic N) is 3. The topological polar surface area (TPSA) is 160 Å². The summed E-state index contributed by atoms with van der Waals surface area (Å²) in [6.45, 7) is 1.53. The van der Waals surface area contributed by atoms with Crippen molar-refractivity contribution >= 4 is 28.0 Å². The molecule has 0 radical (unpaired) electrons. The third-order valence-electron chi connectivity index (χ3n) is 2.97. The zero-order valence-electron chi connectivity index (χ0n) is 13.8. The van der Waals surface area contributed by atoms with Gasteiger partial charge >= 0.3 is 18.0 Å². The molecule has 0 saturated carbocycles. The van der Waals surface area contributed by atoms with Crippen LogP contribution in [0.15, 0.2) is 29.2 Å². The number of ether oxygens (including phenoxy) is 1. The van der Waals surface area contributed by atoms with Crippen molar-refractivity contribution in [1.29, 1.82) is 0 Å². The number of benzene rings is 1. The van der Waals surface area contributed by atoms with Crippen molar-refractivity contribution < 1.29 is 27.9 Å². The molecule has 0 aliphatic rings. The average molecular weight is 381 g/mol. The molecule has 0 bridgehead atoms. The highest BCUT2D eigenvalue weighted by Gasteiger charge is 2.22. The number of urea groups is 1. The zero-order chi connectivity index (χ0) is 19.3. The molecule has 0 saturated heterocycles. The fourth-order valence-corrected chi connectivity index (χ4v) is 3.13. The lowest BCUT2D eigenvalue weighted by molar-refractivity contribution is -0.136. The summed E-state index contributed by atoms with van der Waals surface area (Å²) in [4.78, 5) is 34.0. The number of nitrogens with one attached hydrogen (secondary N) is 2. The van der Waals surface area contributed by atoms with Gasteiger partial charge in [-0.15, -0.1) is 0 Å². The van der Waals surface area contributed by atoms with Gasteiger partial charge in [-0.05, 0) is 18.6 Å². The molecule has 1 aromatic heterocycles. The molecule has 2 amide bonds. The van der Waals surface area contributed by atoms with E-state index in [0.29, 0.717) is 0 Å². The molecule has 2 rings (SSSR count). The number of methoxy groups -OCH3 is 1. The van der Waals surface area contributed by atoms with Crippen molar-refractivity contribution in [3.63, 3.8) is 0 Å². The first-order valence-corrected chi connectivity index (χ1v) is 8.60. The molecule has 0 unspecified atom stereocenters. The van der Waals surface area contributed by atoms with Gasteiger partial charge in [-0.3, -0.25) is 10.1 Å². The number of amides is 2. The molecule has 0 aliphatic heterocycles. The Bertz CT molecular complexity index is 947. The average Bonchev–Trinajstić information content (AvgIpc) is 2.53. The third-order valence-corrected chi connectivity index (χ3v) is 4.40. The second-order valence-electron chi connectivity index (χ2n) is 4.93. The summed E-state index contributed by atoms with van der Waals surface area (Å²) >= 11 is 0. The lowest BCUT2D eigenvalue weighted by Crippen LogP contribution is -2.35. The number of aliphatic carboxylic acids is 1. The monoisotopic (exact) mass is 381 g/mol. The van der Waals surface area contributed by atoms with E-state index in [4.69, 9.17) is 9.84 Å². The SMILES string of the molecule is COc1nc(C)nc(NC(=O)NS(=O)(=O)c2ccccc2CC(=O)O)n1. The molecule has 11 nitrogen and oxygen atoms in total. The Morgan fingerprint density at radius 2 is 1.88 bits per heavy atom. The molecule has 0 spiro atoms. The van der Waals surface area contributed by atoms with Crippen molar-refractivity contribution in [2.24, 2.45) is 0 Å². The number of sulfonamides is 1. The number of anilines is 1. The Hall–Kier alpha value is -3.28. The number of aromatic nitrogens is 3. The van der Waals surface area contributed by atoms with Crippen LogP contribution in [-0.4, -0.2) is 47.6 Å². The van der Waals surface area contributed by atoms with Gasteiger partial charge in [0.2, 0.25) is 5.95 Å². The maximum Gasteiger partial charge on any atom is 0.335 e. The van der Waals surface area contributed by atoms with Gasteiger partial charge in [0, 0.05) is 0 Å². The molecule has 12 heteroatoms. The quantitative estimate of drug-likeness (QED) is 0.640. The molecule has 2 aromatic rings. The highest BCUT2D eigenvalue weighted by atomic mass is 32.2. The van der Waals surface area contributed by atoms with Crippen LogP contribution in [-0.2, 0) is 21.2 Å². The Morgan fingerprint density at radius 3 is 2.54 bits per heavy atom. The Labute approximate surface area is 148 Å². The molecule has 0 atom stereocenters. The lowest BCUT2D eigenvalue weighted by Gasteiger charge is -2.11. The Kier molecular flexibility index (Phi) is 5.67. The summed E-state index contributed by atoms with van der Waals surface area (Å²) < 4.78 is 31.4. The number of aryl methyl sites for hydroxylation is 1. The highest BCUT2D eigenvalue weighted by molar-refractivity contribution is 7.90. The standard InChI is InChI=1S/C14H15N5O6S/c1-8-15-12(18-14(16-8)25-2)17-13(22)19-26(23,24)10-6-4-3-5-9(10)7-11(20)21/h3-6H,7H2,1-2H3,(H,20,21)(H2,15,16,17,18,19,22). The number of hydrogen-bond donors (Lipinski definition) is 3. The largest absolute Gasteiger partial charge is 0.481 e. The fourth-order valence-electron chi connectivity index (χ4n) is 1.98. The maximum atomic E-state index is 12.4. The minimum Gasteiger partial charge on any atom is -0.481 e. The molecule has 0 aliphatic carbocycles. The van der Waals surface area contributed by atoms with Crippen LogP contribution in [0.3, 0.4) is 0 Å². The number of carboxylic acid groups (broad SMARTS) is 1. The van der Waals surface area contributed by atoms with Crippen molar-refractivity contribution in [2.45, 2.75) is 18.2 Å². The van der Waals surface area contributed by atoms with E-state index in [9.17, 15) is 18.0 Å². The van der Waals surface area contributed by atoms with Gasteiger partial charge in [0.1, 0.15) is 5.82 Å². The molecule has 1 heterocycles. The number of carbonyl (C=O) groups is 2. The van der Waals surface area contributed by atoms with E-state index < -0.39 is 28.4 Å². The summed E-state index contributed by atoms with van der Waals surface area (Å²) in [5.74, 6) is -1.16. The Morgan fingerprint density at radius 1 is 1.19 bits per heavy atom. The van der Waals surface area contributed by atoms with Gasteiger partial charge in [0.15, 0.2) is 0 Å². The summed E-state index contributed by atoms with van der Waals surface area (Å²) in [6.07, 6.45) is -0.511. The number of carboxylic acids is 1. The number of carbonyl (C=O) groups excluding carboxylic acids is 1. The molecule has 26 heavy (non-hydrogen) atoms. The first-order valence-electron chi connectivity index (χ1n) is 7.11. The normalized spacial score (nSPS) is 10.8. The van der Waals surface area contributed by atoms with Crippen LogP contribution >= 0.6 is 0 Å². The van der Waals surface area contributed by atoms with Crippen LogP contribution in [0.1, 0.15) is 11.4 Å². The smallest absolute Gasteiger partial charge is 0.335 e. The van der Waals surface area contributed by atoms with Gasteiger partial charge in [0.25, 0.3) is 10.0 Å². The van der Waals surface area contributed by atoms with Gasteiger partial charge in [-0.2, -0.15) is 15.0 Å². The van der Waals surface area contributed by atoms with E-state index in [-0.39, 0.29) is 28.2 Å². The van der Waals surface area contributed by atoms with E-state index >= 15 is 0 Å². The minimum absolute atomic E-state index is 0.0398. The van der Waals surface area contributed by atoms with E-state index in [2.05, 4.69) is 20.3 Å². The molecular weight excluding hydrogens is 366 g/mol. The molecule has 1 aromatic carbocycles. The fraction of sp³-hybridized carbons (Fsp3) is 0.214. The van der Waals surface area contributed by atoms with Gasteiger partial charge in [-0.25, -0.2) is 17.9 Å². The molecule has 0 fully saturated rings. The zero-order valence-corrected chi connectivity index (χ0v) is 14.6. The van der Waals surface area contributed by atoms with E-state index in [1.165, 1.54) is 38.3 Å². The second kappa shape index (κ2) is 7.74.